The van der Waals surface area contributed by atoms with Crippen LogP contribution in [0.2, 0.25) is 0 Å². The molecule has 0 N–H and O–H groups in total. The molecule has 0 fully saturated rings. The molecular formula is C12H15NO3. The van der Waals surface area contributed by atoms with Crippen LogP contribution in [0.15, 0.2) is 24.4 Å². The summed E-state index contributed by atoms with van der Waals surface area (Å²) in [6.45, 7) is 2.51. The van der Waals surface area contributed by atoms with Crippen molar-refractivity contribution in [2.45, 2.75) is 13.3 Å². The highest BCUT2D eigenvalue weighted by molar-refractivity contribution is 5.72. The second-order valence-corrected chi connectivity index (χ2v) is 3.05. The Bertz CT molecular complexity index is 357. The van der Waals surface area contributed by atoms with Crippen LogP contribution in [0, 0.1) is 0 Å². The van der Waals surface area contributed by atoms with Crippen molar-refractivity contribution in [2.75, 3.05) is 13.7 Å². The van der Waals surface area contributed by atoms with Crippen LogP contribution in [0.25, 0.3) is 6.08 Å². The fourth-order valence-corrected chi connectivity index (χ4v) is 1.10. The number of ether oxygens (including phenoxy) is 2. The Balaban J connectivity index is 2.51. The van der Waals surface area contributed by atoms with E-state index in [0.29, 0.717) is 12.5 Å². The predicted octanol–water partition coefficient (Wildman–Crippen LogP) is 2.06. The van der Waals surface area contributed by atoms with E-state index >= 15 is 0 Å². The van der Waals surface area contributed by atoms with Gasteiger partial charge in [-0.3, -0.25) is 4.79 Å². The van der Waals surface area contributed by atoms with Crippen LogP contribution in [0.4, 0.5) is 0 Å². The monoisotopic (exact) mass is 221 g/mol. The van der Waals surface area contributed by atoms with Crippen LogP contribution in [0.5, 0.6) is 5.88 Å². The zero-order chi connectivity index (χ0) is 11.8. The predicted molar refractivity (Wildman–Crippen MR) is 61.1 cm³/mol. The van der Waals surface area contributed by atoms with Crippen LogP contribution in [0.1, 0.15) is 18.9 Å². The largest absolute Gasteiger partial charge is 0.478 e. The molecule has 1 heterocycles. The summed E-state index contributed by atoms with van der Waals surface area (Å²) in [5, 5.41) is 0. The van der Waals surface area contributed by atoms with E-state index in [0.717, 1.165) is 5.56 Å². The number of hydrogen-bond acceptors (Lipinski definition) is 4. The van der Waals surface area contributed by atoms with Crippen LogP contribution in [0.3, 0.4) is 0 Å². The zero-order valence-electron chi connectivity index (χ0n) is 9.47. The lowest BCUT2D eigenvalue weighted by Gasteiger charge is -2.00. The first-order valence-electron chi connectivity index (χ1n) is 5.08. The Morgan fingerprint density at radius 1 is 1.50 bits per heavy atom. The van der Waals surface area contributed by atoms with Gasteiger partial charge in [-0.25, -0.2) is 4.98 Å². The molecule has 0 saturated heterocycles. The maximum atomic E-state index is 10.8. The molecule has 0 bridgehead atoms. The quantitative estimate of drug-likeness (QED) is 0.714. The fraction of sp³-hybridized carbons (Fsp3) is 0.333. The number of hydrogen-bond donors (Lipinski definition) is 0. The van der Waals surface area contributed by atoms with Crippen LogP contribution in [-0.2, 0) is 9.53 Å². The molecule has 0 amide bonds. The summed E-state index contributed by atoms with van der Waals surface area (Å²) in [5.74, 6) is 0.350. The van der Waals surface area contributed by atoms with E-state index in [2.05, 4.69) is 9.72 Å². The van der Waals surface area contributed by atoms with E-state index in [9.17, 15) is 4.79 Å². The van der Waals surface area contributed by atoms with Gasteiger partial charge in [-0.2, -0.15) is 0 Å². The van der Waals surface area contributed by atoms with Crippen molar-refractivity contribution in [3.63, 3.8) is 0 Å². The minimum Gasteiger partial charge on any atom is -0.478 e. The molecule has 0 radical (unpaired) electrons. The summed E-state index contributed by atoms with van der Waals surface area (Å²) in [7, 11) is 1.37. The van der Waals surface area contributed by atoms with E-state index in [4.69, 9.17) is 4.74 Å². The fourth-order valence-electron chi connectivity index (χ4n) is 1.10. The molecule has 16 heavy (non-hydrogen) atoms. The molecule has 86 valence electrons. The number of aromatic nitrogens is 1. The van der Waals surface area contributed by atoms with Gasteiger partial charge in [0.15, 0.2) is 0 Å². The molecule has 1 aromatic heterocycles. The molecule has 0 aliphatic heterocycles. The van der Waals surface area contributed by atoms with Crippen molar-refractivity contribution in [3.8, 4) is 5.88 Å². The molecule has 0 aromatic carbocycles. The minimum atomic E-state index is -0.254. The Kier molecular flexibility index (Phi) is 5.05. The lowest BCUT2D eigenvalue weighted by Crippen LogP contribution is -1.96. The lowest BCUT2D eigenvalue weighted by molar-refractivity contribution is -0.139. The van der Waals surface area contributed by atoms with Crippen molar-refractivity contribution in [1.82, 2.24) is 4.98 Å². The Morgan fingerprint density at radius 2 is 2.31 bits per heavy atom. The lowest BCUT2D eigenvalue weighted by atomic mass is 10.2. The summed E-state index contributed by atoms with van der Waals surface area (Å²) in [5.41, 5.74) is 0.923. The van der Waals surface area contributed by atoms with Gasteiger partial charge in [0.2, 0.25) is 5.88 Å². The number of rotatable bonds is 5. The smallest absolute Gasteiger partial charge is 0.309 e. The van der Waals surface area contributed by atoms with E-state index < -0.39 is 0 Å². The topological polar surface area (TPSA) is 48.4 Å². The Hall–Kier alpha value is -1.84. The second kappa shape index (κ2) is 6.61. The molecule has 1 aromatic rings. The van der Waals surface area contributed by atoms with Crippen molar-refractivity contribution in [3.05, 3.63) is 30.0 Å². The van der Waals surface area contributed by atoms with Gasteiger partial charge >= 0.3 is 5.97 Å². The van der Waals surface area contributed by atoms with Crippen molar-refractivity contribution in [1.29, 1.82) is 0 Å². The SMILES string of the molecule is CCOc1ccc(C=CCC(=O)OC)cn1. The Labute approximate surface area is 94.9 Å². The van der Waals surface area contributed by atoms with Crippen molar-refractivity contribution in [2.24, 2.45) is 0 Å². The Morgan fingerprint density at radius 3 is 2.88 bits per heavy atom. The van der Waals surface area contributed by atoms with Gasteiger partial charge in [0.05, 0.1) is 20.1 Å². The average molecular weight is 221 g/mol. The van der Waals surface area contributed by atoms with Crippen LogP contribution >= 0.6 is 0 Å². The summed E-state index contributed by atoms with van der Waals surface area (Å²) in [4.78, 5) is 14.9. The van der Waals surface area contributed by atoms with E-state index in [1.165, 1.54) is 7.11 Å². The van der Waals surface area contributed by atoms with Gasteiger partial charge in [0.1, 0.15) is 0 Å². The van der Waals surface area contributed by atoms with Gasteiger partial charge < -0.3 is 9.47 Å². The third-order valence-corrected chi connectivity index (χ3v) is 1.87. The van der Waals surface area contributed by atoms with Crippen molar-refractivity contribution < 1.29 is 14.3 Å². The van der Waals surface area contributed by atoms with Gasteiger partial charge in [0.25, 0.3) is 0 Å². The summed E-state index contributed by atoms with van der Waals surface area (Å²) in [6.07, 6.45) is 5.52. The van der Waals surface area contributed by atoms with Gasteiger partial charge in [-0.05, 0) is 18.6 Å². The number of methoxy groups -OCH3 is 1. The molecule has 0 atom stereocenters. The number of carbonyl (C=O) groups excluding carboxylic acids is 1. The molecule has 0 aliphatic rings. The molecule has 0 spiro atoms. The first-order valence-corrected chi connectivity index (χ1v) is 5.08. The zero-order valence-corrected chi connectivity index (χ0v) is 9.47. The number of nitrogens with zero attached hydrogens (tertiary/aromatic N) is 1. The summed E-state index contributed by atoms with van der Waals surface area (Å²) in [6, 6.07) is 3.67. The normalized spacial score (nSPS) is 10.4. The molecule has 0 aliphatic carbocycles. The molecule has 1 rings (SSSR count). The van der Waals surface area contributed by atoms with E-state index in [1.54, 1.807) is 18.3 Å². The van der Waals surface area contributed by atoms with Crippen molar-refractivity contribution >= 4 is 12.0 Å². The van der Waals surface area contributed by atoms with Crippen LogP contribution < -0.4 is 4.74 Å². The maximum absolute atomic E-state index is 10.8. The molecule has 0 unspecified atom stereocenters. The molecule has 4 heteroatoms. The van der Waals surface area contributed by atoms with Gasteiger partial charge in [-0.1, -0.05) is 12.2 Å². The first kappa shape index (κ1) is 12.2. The van der Waals surface area contributed by atoms with E-state index in [1.807, 2.05) is 19.1 Å². The highest BCUT2D eigenvalue weighted by Crippen LogP contribution is 2.08. The molecule has 0 saturated carbocycles. The minimum absolute atomic E-state index is 0.254. The third kappa shape index (κ3) is 4.13. The van der Waals surface area contributed by atoms with Gasteiger partial charge in [-0.15, -0.1) is 0 Å². The molecular weight excluding hydrogens is 206 g/mol. The third-order valence-electron chi connectivity index (χ3n) is 1.87. The first-order chi connectivity index (χ1) is 7.76. The number of pyridine rings is 1. The number of carbonyl (C=O) groups is 1. The van der Waals surface area contributed by atoms with Gasteiger partial charge in [0, 0.05) is 12.3 Å². The summed E-state index contributed by atoms with van der Waals surface area (Å²) < 4.78 is 9.73. The standard InChI is InChI=1S/C12H15NO3/c1-3-16-11-8-7-10(9-13-11)5-4-6-12(14)15-2/h4-5,7-9H,3,6H2,1-2H3. The molecule has 4 nitrogen and oxygen atoms in total. The highest BCUT2D eigenvalue weighted by Gasteiger charge is 1.95. The van der Waals surface area contributed by atoms with Crippen LogP contribution in [-0.4, -0.2) is 24.7 Å². The second-order valence-electron chi connectivity index (χ2n) is 3.05. The summed E-state index contributed by atoms with van der Waals surface area (Å²) >= 11 is 0. The highest BCUT2D eigenvalue weighted by atomic mass is 16.5. The van der Waals surface area contributed by atoms with E-state index in [-0.39, 0.29) is 12.4 Å². The average Bonchev–Trinajstić information content (AvgIpc) is 2.31. The maximum Gasteiger partial charge on any atom is 0.309 e. The number of esters is 1.